The van der Waals surface area contributed by atoms with Gasteiger partial charge in [0.05, 0.1) is 18.7 Å². The Balaban J connectivity index is 2.22. The number of carbonyl (C=O) groups is 8. The third-order valence-electron chi connectivity index (χ3n) is 9.73. The topological polar surface area (TPSA) is 293 Å². The highest BCUT2D eigenvalue weighted by Gasteiger charge is 2.42. The van der Waals surface area contributed by atoms with Crippen LogP contribution in [0, 0.1) is 5.92 Å². The van der Waals surface area contributed by atoms with Crippen LogP contribution >= 0.6 is 0 Å². The minimum atomic E-state index is -1.65. The van der Waals surface area contributed by atoms with Crippen LogP contribution < -0.4 is 48.7 Å². The zero-order valence-electron chi connectivity index (χ0n) is 33.3. The van der Waals surface area contributed by atoms with E-state index in [-0.39, 0.29) is 50.4 Å². The van der Waals surface area contributed by atoms with Crippen LogP contribution in [0.2, 0.25) is 0 Å². The summed E-state index contributed by atoms with van der Waals surface area (Å²) >= 11 is 0. The quantitative estimate of drug-likeness (QED) is 0.0599. The molecule has 1 aliphatic rings. The van der Waals surface area contributed by atoms with Crippen molar-refractivity contribution in [1.82, 2.24) is 37.2 Å². The summed E-state index contributed by atoms with van der Waals surface area (Å²) in [5.41, 5.74) is 8.29. The molecule has 1 saturated heterocycles. The van der Waals surface area contributed by atoms with Crippen LogP contribution in [0.4, 0.5) is 0 Å². The van der Waals surface area contributed by atoms with E-state index in [2.05, 4.69) is 37.2 Å². The Hall–Kier alpha value is -5.10. The van der Waals surface area contributed by atoms with Crippen molar-refractivity contribution in [1.29, 1.82) is 0 Å². The summed E-state index contributed by atoms with van der Waals surface area (Å²) in [4.78, 5) is 104. The van der Waals surface area contributed by atoms with Crippen molar-refractivity contribution in [3.63, 3.8) is 0 Å². The number of hydrogen-bond acceptors (Lipinski definition) is 10. The molecule has 56 heavy (non-hydrogen) atoms. The Morgan fingerprint density at radius 1 is 0.804 bits per heavy atom. The molecule has 0 spiro atoms. The lowest BCUT2D eigenvalue weighted by Gasteiger charge is -2.35. The molecule has 0 aromatic heterocycles. The van der Waals surface area contributed by atoms with Gasteiger partial charge in [0.25, 0.3) is 0 Å². The van der Waals surface area contributed by atoms with E-state index < -0.39 is 89.2 Å². The van der Waals surface area contributed by atoms with Gasteiger partial charge in [-0.25, -0.2) is 0 Å². The van der Waals surface area contributed by atoms with Crippen molar-refractivity contribution in [2.24, 2.45) is 17.4 Å². The molecule has 1 aromatic rings. The first-order chi connectivity index (χ1) is 26.2. The summed E-state index contributed by atoms with van der Waals surface area (Å²) in [7, 11) is 0. The van der Waals surface area contributed by atoms with Gasteiger partial charge in [0.2, 0.25) is 47.3 Å². The Bertz CT molecular complexity index is 1550. The van der Waals surface area contributed by atoms with Crippen molar-refractivity contribution in [2.75, 3.05) is 13.2 Å². The summed E-state index contributed by atoms with van der Waals surface area (Å²) in [5, 5.41) is 28.9. The Labute approximate surface area is 328 Å². The van der Waals surface area contributed by atoms with Crippen molar-refractivity contribution >= 4 is 47.3 Å². The van der Waals surface area contributed by atoms with Gasteiger partial charge in [-0.15, -0.1) is 0 Å². The number of rotatable bonds is 23. The number of amides is 8. The van der Waals surface area contributed by atoms with Gasteiger partial charge in [0.15, 0.2) is 0 Å². The first kappa shape index (κ1) is 47.1. The van der Waals surface area contributed by atoms with Gasteiger partial charge < -0.3 is 53.8 Å². The Kier molecular flexibility index (Phi) is 18.4. The summed E-state index contributed by atoms with van der Waals surface area (Å²) in [6.45, 7) is 9.69. The maximum Gasteiger partial charge on any atom is 0.246 e. The highest BCUT2D eigenvalue weighted by molar-refractivity contribution is 5.99. The molecule has 8 amide bonds. The van der Waals surface area contributed by atoms with E-state index in [1.807, 2.05) is 18.2 Å². The van der Waals surface area contributed by atoms with Crippen molar-refractivity contribution < 1.29 is 43.5 Å². The van der Waals surface area contributed by atoms with E-state index in [9.17, 15) is 43.5 Å². The standard InChI is InChI=1S/C38H61N9O9/c1-7-38(6,47-35(55)37(4,5)46-34(54)30(22(2)3)45-31(51)25-14-11-19-41-25)36(56)44-27(16-18-29(40)50)33(53)43-26(15-17-28(39)49)32(52)42-24(21-48)20-23-12-9-8-10-13-23/h8-10,12-13,22,24-27,30,41,48H,7,11,14-21H2,1-6H3,(H2,39,49)(H2,40,50)(H,42,52)(H,43,53)(H,44,56)(H,45,51)(H,46,54)(H,47,55)/t24-,25-,26-,27-,30-,38+/m0/s1. The summed E-state index contributed by atoms with van der Waals surface area (Å²) in [5.74, 6) is -5.92. The molecule has 0 unspecified atom stereocenters. The van der Waals surface area contributed by atoms with E-state index in [1.54, 1.807) is 32.9 Å². The number of nitrogens with one attached hydrogen (secondary N) is 7. The van der Waals surface area contributed by atoms with Crippen LogP contribution in [-0.2, 0) is 44.8 Å². The fraction of sp³-hybridized carbons (Fsp3) is 0.632. The van der Waals surface area contributed by atoms with Crippen LogP contribution in [0.1, 0.15) is 92.1 Å². The van der Waals surface area contributed by atoms with Gasteiger partial charge in [-0.1, -0.05) is 51.1 Å². The van der Waals surface area contributed by atoms with Gasteiger partial charge >= 0.3 is 0 Å². The second-order valence-corrected chi connectivity index (χ2v) is 15.3. The van der Waals surface area contributed by atoms with E-state index >= 15 is 0 Å². The zero-order valence-corrected chi connectivity index (χ0v) is 33.3. The van der Waals surface area contributed by atoms with Gasteiger partial charge in [0, 0.05) is 12.8 Å². The van der Waals surface area contributed by atoms with Crippen LogP contribution in [0.3, 0.4) is 0 Å². The number of aliphatic hydroxyl groups excluding tert-OH is 1. The third-order valence-corrected chi connectivity index (χ3v) is 9.73. The van der Waals surface area contributed by atoms with Crippen molar-refractivity contribution in [2.45, 2.75) is 134 Å². The smallest absolute Gasteiger partial charge is 0.246 e. The second kappa shape index (κ2) is 21.8. The van der Waals surface area contributed by atoms with Crippen LogP contribution in [0.5, 0.6) is 0 Å². The number of benzene rings is 1. The highest BCUT2D eigenvalue weighted by atomic mass is 16.3. The fourth-order valence-electron chi connectivity index (χ4n) is 5.91. The van der Waals surface area contributed by atoms with E-state index in [1.165, 1.54) is 20.8 Å². The maximum atomic E-state index is 13.8. The average molecular weight is 788 g/mol. The molecule has 6 atom stereocenters. The molecule has 1 heterocycles. The molecule has 18 heteroatoms. The minimum absolute atomic E-state index is 0.0193. The molecule has 12 N–H and O–H groups in total. The third kappa shape index (κ3) is 14.9. The lowest BCUT2D eigenvalue weighted by atomic mass is 9.93. The predicted octanol–water partition coefficient (Wildman–Crippen LogP) is -1.72. The number of aliphatic hydroxyl groups is 1. The first-order valence-corrected chi connectivity index (χ1v) is 19.0. The van der Waals surface area contributed by atoms with Crippen LogP contribution in [0.15, 0.2) is 30.3 Å². The molecule has 0 aliphatic carbocycles. The second-order valence-electron chi connectivity index (χ2n) is 15.3. The monoisotopic (exact) mass is 787 g/mol. The molecule has 0 saturated carbocycles. The largest absolute Gasteiger partial charge is 0.394 e. The molecular weight excluding hydrogens is 726 g/mol. The lowest BCUT2D eigenvalue weighted by Crippen LogP contribution is -2.66. The first-order valence-electron chi connectivity index (χ1n) is 19.0. The molecule has 1 fully saturated rings. The van der Waals surface area contributed by atoms with E-state index in [0.29, 0.717) is 13.0 Å². The van der Waals surface area contributed by atoms with Gasteiger partial charge in [-0.3, -0.25) is 38.4 Å². The minimum Gasteiger partial charge on any atom is -0.394 e. The Morgan fingerprint density at radius 2 is 1.38 bits per heavy atom. The molecule has 18 nitrogen and oxygen atoms in total. The molecule has 0 radical (unpaired) electrons. The number of primary amides is 2. The summed E-state index contributed by atoms with van der Waals surface area (Å²) < 4.78 is 0. The molecule has 0 bridgehead atoms. The molecule has 1 aromatic carbocycles. The van der Waals surface area contributed by atoms with E-state index in [0.717, 1.165) is 12.0 Å². The van der Waals surface area contributed by atoms with Crippen molar-refractivity contribution in [3.8, 4) is 0 Å². The molecule has 312 valence electrons. The molecule has 1 aliphatic heterocycles. The van der Waals surface area contributed by atoms with Gasteiger partial charge in [0.1, 0.15) is 29.2 Å². The normalized spacial score (nSPS) is 17.2. The number of hydrogen-bond donors (Lipinski definition) is 10. The fourth-order valence-corrected chi connectivity index (χ4v) is 5.91. The predicted molar refractivity (Wildman–Crippen MR) is 207 cm³/mol. The maximum absolute atomic E-state index is 13.8. The highest BCUT2D eigenvalue weighted by Crippen LogP contribution is 2.16. The molecular formula is C38H61N9O9. The zero-order chi connectivity index (χ0) is 42.2. The Morgan fingerprint density at radius 3 is 1.88 bits per heavy atom. The lowest BCUT2D eigenvalue weighted by molar-refractivity contribution is -0.140. The van der Waals surface area contributed by atoms with Gasteiger partial charge in [-0.2, -0.15) is 0 Å². The van der Waals surface area contributed by atoms with Crippen molar-refractivity contribution in [3.05, 3.63) is 35.9 Å². The van der Waals surface area contributed by atoms with E-state index in [4.69, 9.17) is 11.5 Å². The number of carbonyl (C=O) groups excluding carboxylic acids is 8. The number of nitrogens with two attached hydrogens (primary N) is 2. The summed E-state index contributed by atoms with van der Waals surface area (Å²) in [6.07, 6.45) is 0.650. The summed E-state index contributed by atoms with van der Waals surface area (Å²) in [6, 6.07) is 4.18. The van der Waals surface area contributed by atoms with Crippen LogP contribution in [0.25, 0.3) is 0 Å². The van der Waals surface area contributed by atoms with Gasteiger partial charge in [-0.05, 0) is 77.3 Å². The molecule has 2 rings (SSSR count). The SMILES string of the molecule is CC[C@@](C)(NC(=O)C(C)(C)NC(=O)[C@@H](NC(=O)[C@@H]1CCCN1)C(C)C)C(=O)N[C@@H](CCC(N)=O)C(=O)N[C@@H](CCC(N)=O)C(=O)N[C@H](CO)Cc1ccccc1. The van der Waals surface area contributed by atoms with Crippen LogP contribution in [-0.4, -0.2) is 107 Å². The average Bonchev–Trinajstić information content (AvgIpc) is 3.68.